The van der Waals surface area contributed by atoms with E-state index in [4.69, 9.17) is 10.2 Å². The summed E-state index contributed by atoms with van der Waals surface area (Å²) in [6.45, 7) is 0. The first kappa shape index (κ1) is 9.83. The van der Waals surface area contributed by atoms with E-state index in [0.29, 0.717) is 0 Å². The summed E-state index contributed by atoms with van der Waals surface area (Å²) >= 11 is 0. The smallest absolute Gasteiger partial charge is 0.304 e. The summed E-state index contributed by atoms with van der Waals surface area (Å²) < 4.78 is 0. The van der Waals surface area contributed by atoms with Crippen LogP contribution >= 0.6 is 0 Å². The number of benzene rings is 1. The number of phenols is 2. The molecule has 1 aliphatic rings. The normalized spacial score (nSPS) is 17.3. The molecule has 0 radical (unpaired) electrons. The van der Waals surface area contributed by atoms with Crippen LogP contribution in [0.2, 0.25) is 0 Å². The average Bonchev–Trinajstić information content (AvgIpc) is 2.89. The van der Waals surface area contributed by atoms with Crippen molar-refractivity contribution >= 4 is 5.97 Å². The SMILES string of the molecule is O=C(O)CC1(c2ccc(O)c(O)c2)CC1. The molecule has 1 saturated carbocycles. The molecular weight excluding hydrogens is 196 g/mol. The minimum Gasteiger partial charge on any atom is -0.504 e. The van der Waals surface area contributed by atoms with Gasteiger partial charge in [0, 0.05) is 5.41 Å². The first-order valence-corrected chi connectivity index (χ1v) is 4.78. The number of aromatic hydroxyl groups is 2. The van der Waals surface area contributed by atoms with E-state index in [1.807, 2.05) is 0 Å². The molecule has 0 atom stereocenters. The molecule has 1 aromatic carbocycles. The number of hydrogen-bond acceptors (Lipinski definition) is 3. The summed E-state index contributed by atoms with van der Waals surface area (Å²) in [6.07, 6.45) is 1.73. The molecule has 0 bridgehead atoms. The van der Waals surface area contributed by atoms with Crippen LogP contribution in [0.4, 0.5) is 0 Å². The Labute approximate surface area is 86.8 Å². The number of rotatable bonds is 3. The molecule has 1 fully saturated rings. The summed E-state index contributed by atoms with van der Waals surface area (Å²) in [4.78, 5) is 10.7. The highest BCUT2D eigenvalue weighted by Crippen LogP contribution is 2.52. The highest BCUT2D eigenvalue weighted by molar-refractivity contribution is 5.70. The molecule has 0 aliphatic heterocycles. The fraction of sp³-hybridized carbons (Fsp3) is 0.364. The number of carboxylic acids is 1. The van der Waals surface area contributed by atoms with Gasteiger partial charge in [0.1, 0.15) is 0 Å². The van der Waals surface area contributed by atoms with E-state index in [0.717, 1.165) is 18.4 Å². The van der Waals surface area contributed by atoms with Crippen molar-refractivity contribution in [2.75, 3.05) is 0 Å². The standard InChI is InChI=1S/C11H12O4/c12-8-2-1-7(5-9(8)13)11(3-4-11)6-10(14)15/h1-2,5,12-13H,3-4,6H2,(H,14,15). The lowest BCUT2D eigenvalue weighted by Crippen LogP contribution is -2.12. The first-order chi connectivity index (χ1) is 7.03. The highest BCUT2D eigenvalue weighted by atomic mass is 16.4. The van der Waals surface area contributed by atoms with Crippen molar-refractivity contribution in [1.82, 2.24) is 0 Å². The second-order valence-corrected chi connectivity index (χ2v) is 4.05. The number of phenolic OH excluding ortho intramolecular Hbond substituents is 2. The maximum atomic E-state index is 10.7. The van der Waals surface area contributed by atoms with Crippen LogP contribution in [0.3, 0.4) is 0 Å². The number of carbonyl (C=O) groups is 1. The summed E-state index contributed by atoms with van der Waals surface area (Å²) in [6, 6.07) is 4.52. The van der Waals surface area contributed by atoms with Crippen LogP contribution in [0, 0.1) is 0 Å². The predicted octanol–water partition coefficient (Wildman–Crippen LogP) is 1.60. The van der Waals surface area contributed by atoms with E-state index >= 15 is 0 Å². The largest absolute Gasteiger partial charge is 0.504 e. The maximum absolute atomic E-state index is 10.7. The predicted molar refractivity (Wildman–Crippen MR) is 52.9 cm³/mol. The molecule has 0 aromatic heterocycles. The van der Waals surface area contributed by atoms with Gasteiger partial charge in [0.05, 0.1) is 6.42 Å². The Balaban J connectivity index is 2.29. The molecule has 0 amide bonds. The van der Waals surface area contributed by atoms with E-state index in [1.54, 1.807) is 6.07 Å². The molecule has 0 unspecified atom stereocenters. The molecule has 4 heteroatoms. The molecule has 0 spiro atoms. The highest BCUT2D eigenvalue weighted by Gasteiger charge is 2.46. The van der Waals surface area contributed by atoms with Crippen LogP contribution in [0.1, 0.15) is 24.8 Å². The maximum Gasteiger partial charge on any atom is 0.304 e. The first-order valence-electron chi connectivity index (χ1n) is 4.78. The summed E-state index contributed by atoms with van der Waals surface area (Å²) in [5, 5.41) is 27.2. The number of hydrogen-bond donors (Lipinski definition) is 3. The molecule has 0 saturated heterocycles. The van der Waals surface area contributed by atoms with Crippen molar-refractivity contribution in [3.63, 3.8) is 0 Å². The Hall–Kier alpha value is -1.71. The van der Waals surface area contributed by atoms with Crippen molar-refractivity contribution in [2.24, 2.45) is 0 Å². The van der Waals surface area contributed by atoms with Crippen molar-refractivity contribution < 1.29 is 20.1 Å². The zero-order valence-corrected chi connectivity index (χ0v) is 8.10. The molecule has 3 N–H and O–H groups in total. The zero-order chi connectivity index (χ0) is 11.1. The van der Waals surface area contributed by atoms with Gasteiger partial charge < -0.3 is 15.3 Å². The van der Waals surface area contributed by atoms with Gasteiger partial charge in [0.25, 0.3) is 0 Å². The minimum absolute atomic E-state index is 0.0806. The van der Waals surface area contributed by atoms with Gasteiger partial charge in [-0.25, -0.2) is 0 Å². The van der Waals surface area contributed by atoms with Gasteiger partial charge in [-0.2, -0.15) is 0 Å². The zero-order valence-electron chi connectivity index (χ0n) is 8.10. The third-order valence-electron chi connectivity index (χ3n) is 2.93. The minimum atomic E-state index is -0.833. The summed E-state index contributed by atoms with van der Waals surface area (Å²) in [7, 11) is 0. The Morgan fingerprint density at radius 1 is 1.27 bits per heavy atom. The Kier molecular flexibility index (Phi) is 2.07. The molecule has 1 aromatic rings. The van der Waals surface area contributed by atoms with Crippen LogP contribution in [0.25, 0.3) is 0 Å². The Bertz CT molecular complexity index is 407. The van der Waals surface area contributed by atoms with Crippen LogP contribution in [0.15, 0.2) is 18.2 Å². The Morgan fingerprint density at radius 2 is 1.93 bits per heavy atom. The monoisotopic (exact) mass is 208 g/mol. The topological polar surface area (TPSA) is 77.8 Å². The molecular formula is C11H12O4. The molecule has 0 heterocycles. The fourth-order valence-corrected chi connectivity index (χ4v) is 1.86. The van der Waals surface area contributed by atoms with Gasteiger partial charge in [-0.3, -0.25) is 4.79 Å². The van der Waals surface area contributed by atoms with E-state index in [-0.39, 0.29) is 23.3 Å². The van der Waals surface area contributed by atoms with Crippen LogP contribution < -0.4 is 0 Å². The fourth-order valence-electron chi connectivity index (χ4n) is 1.86. The molecule has 2 rings (SSSR count). The van der Waals surface area contributed by atoms with E-state index < -0.39 is 5.97 Å². The lowest BCUT2D eigenvalue weighted by molar-refractivity contribution is -0.137. The summed E-state index contributed by atoms with van der Waals surface area (Å²) in [5.74, 6) is -1.20. The number of carboxylic acid groups (broad SMARTS) is 1. The van der Waals surface area contributed by atoms with Crippen molar-refractivity contribution in [2.45, 2.75) is 24.7 Å². The van der Waals surface area contributed by atoms with Gasteiger partial charge in [0.15, 0.2) is 11.5 Å². The van der Waals surface area contributed by atoms with Crippen LogP contribution in [-0.4, -0.2) is 21.3 Å². The molecule has 80 valence electrons. The van der Waals surface area contributed by atoms with Crippen LogP contribution in [-0.2, 0) is 10.2 Å². The lowest BCUT2D eigenvalue weighted by Gasteiger charge is -2.13. The van der Waals surface area contributed by atoms with Gasteiger partial charge in [-0.15, -0.1) is 0 Å². The lowest BCUT2D eigenvalue weighted by atomic mass is 9.92. The van der Waals surface area contributed by atoms with Gasteiger partial charge in [-0.1, -0.05) is 6.07 Å². The third-order valence-corrected chi connectivity index (χ3v) is 2.93. The van der Waals surface area contributed by atoms with Crippen molar-refractivity contribution in [3.05, 3.63) is 23.8 Å². The van der Waals surface area contributed by atoms with E-state index in [1.165, 1.54) is 12.1 Å². The molecule has 4 nitrogen and oxygen atoms in total. The second-order valence-electron chi connectivity index (χ2n) is 4.05. The van der Waals surface area contributed by atoms with Gasteiger partial charge in [-0.05, 0) is 30.5 Å². The second kappa shape index (κ2) is 3.15. The van der Waals surface area contributed by atoms with E-state index in [2.05, 4.69) is 0 Å². The van der Waals surface area contributed by atoms with Gasteiger partial charge >= 0.3 is 5.97 Å². The van der Waals surface area contributed by atoms with Crippen molar-refractivity contribution in [1.29, 1.82) is 0 Å². The average molecular weight is 208 g/mol. The Morgan fingerprint density at radius 3 is 2.40 bits per heavy atom. The quantitative estimate of drug-likeness (QED) is 0.659. The molecule has 15 heavy (non-hydrogen) atoms. The third kappa shape index (κ3) is 1.75. The van der Waals surface area contributed by atoms with Crippen LogP contribution in [0.5, 0.6) is 11.5 Å². The van der Waals surface area contributed by atoms with Crippen molar-refractivity contribution in [3.8, 4) is 11.5 Å². The van der Waals surface area contributed by atoms with Gasteiger partial charge in [0.2, 0.25) is 0 Å². The summed E-state index contributed by atoms with van der Waals surface area (Å²) in [5.41, 5.74) is 0.469. The van der Waals surface area contributed by atoms with E-state index in [9.17, 15) is 9.90 Å². The number of aliphatic carboxylic acids is 1. The molecule has 1 aliphatic carbocycles.